The standard InChI is InChI=1S/C67H126O17P2/c1-8-10-11-12-13-14-15-16-17-18-19-20-26-34-41-48-64(69)77-55-63(84-67(72)51-44-37-30-29-32-39-46-59(5)6)57-82-86(75,76)80-53-61(68)52-79-85(73,74)81-56-62(54-78-65(70)49-42-35-28-23-24-31-38-45-58(3)4)83-66(71)50-43-36-27-22-21-25-33-40-47-60(7)9-2/h14-17,58-63,68H,8-13,18-57H2,1-7H3,(H,73,74)(H,75,76)/b15-14-,17-16-/t60?,61?,62-,63-/m1/s1. The van der Waals surface area contributed by atoms with Crippen LogP contribution in [-0.2, 0) is 65.4 Å². The number of esters is 4. The van der Waals surface area contributed by atoms with Gasteiger partial charge in [0.05, 0.1) is 26.4 Å². The van der Waals surface area contributed by atoms with Gasteiger partial charge < -0.3 is 33.8 Å². The van der Waals surface area contributed by atoms with Crippen LogP contribution in [0.25, 0.3) is 0 Å². The second-order valence-corrected chi connectivity index (χ2v) is 27.6. The molecule has 17 nitrogen and oxygen atoms in total. The van der Waals surface area contributed by atoms with Crippen molar-refractivity contribution < 1.29 is 80.2 Å². The van der Waals surface area contributed by atoms with E-state index in [-0.39, 0.29) is 25.7 Å². The number of unbranched alkanes of at least 4 members (excludes halogenated alkanes) is 27. The molecule has 6 atom stereocenters. The number of hydrogen-bond acceptors (Lipinski definition) is 15. The molecule has 0 aliphatic heterocycles. The third-order valence-corrected chi connectivity index (χ3v) is 17.0. The summed E-state index contributed by atoms with van der Waals surface area (Å²) in [5, 5.41) is 10.5. The summed E-state index contributed by atoms with van der Waals surface area (Å²) >= 11 is 0. The predicted molar refractivity (Wildman–Crippen MR) is 344 cm³/mol. The van der Waals surface area contributed by atoms with E-state index < -0.39 is 97.5 Å². The lowest BCUT2D eigenvalue weighted by atomic mass is 9.99. The van der Waals surface area contributed by atoms with Gasteiger partial charge in [0, 0.05) is 25.7 Å². The quantitative estimate of drug-likeness (QED) is 0.0169. The van der Waals surface area contributed by atoms with Crippen LogP contribution in [0.1, 0.15) is 305 Å². The van der Waals surface area contributed by atoms with Gasteiger partial charge in [-0.05, 0) is 69.1 Å². The zero-order valence-electron chi connectivity index (χ0n) is 55.3. The Hall–Kier alpha value is -2.46. The van der Waals surface area contributed by atoms with E-state index in [1.807, 2.05) is 0 Å². The third kappa shape index (κ3) is 59.2. The van der Waals surface area contributed by atoms with Crippen LogP contribution in [0, 0.1) is 17.8 Å². The maximum atomic E-state index is 13.0. The Morgan fingerprint density at radius 2 is 0.686 bits per heavy atom. The lowest BCUT2D eigenvalue weighted by Crippen LogP contribution is -2.30. The van der Waals surface area contributed by atoms with Crippen molar-refractivity contribution in [2.75, 3.05) is 39.6 Å². The number of rotatable bonds is 63. The van der Waals surface area contributed by atoms with Gasteiger partial charge >= 0.3 is 39.5 Å². The monoisotopic (exact) mass is 1260 g/mol. The first-order chi connectivity index (χ1) is 41.3. The second-order valence-electron chi connectivity index (χ2n) is 24.7. The molecule has 0 aliphatic carbocycles. The second kappa shape index (κ2) is 57.7. The fraction of sp³-hybridized carbons (Fsp3) is 0.881. The van der Waals surface area contributed by atoms with Gasteiger partial charge in [0.15, 0.2) is 12.2 Å². The number of aliphatic hydroxyl groups is 1. The number of carbonyl (C=O) groups is 4. The maximum absolute atomic E-state index is 13.0. The molecular formula is C67H126O17P2. The number of aliphatic hydroxyl groups excluding tert-OH is 1. The van der Waals surface area contributed by atoms with Crippen LogP contribution in [0.5, 0.6) is 0 Å². The molecule has 0 fully saturated rings. The number of ether oxygens (including phenoxy) is 4. The normalized spacial score (nSPS) is 14.8. The van der Waals surface area contributed by atoms with Crippen molar-refractivity contribution in [3.63, 3.8) is 0 Å². The maximum Gasteiger partial charge on any atom is 0.472 e. The highest BCUT2D eigenvalue weighted by Gasteiger charge is 2.30. The van der Waals surface area contributed by atoms with E-state index >= 15 is 0 Å². The van der Waals surface area contributed by atoms with Crippen molar-refractivity contribution in [2.45, 2.75) is 324 Å². The fourth-order valence-electron chi connectivity index (χ4n) is 9.44. The number of phosphoric acid groups is 2. The van der Waals surface area contributed by atoms with Gasteiger partial charge in [0.2, 0.25) is 0 Å². The van der Waals surface area contributed by atoms with E-state index in [4.69, 9.17) is 37.0 Å². The highest BCUT2D eigenvalue weighted by atomic mass is 31.2. The Morgan fingerprint density at radius 1 is 0.384 bits per heavy atom. The van der Waals surface area contributed by atoms with E-state index in [2.05, 4.69) is 72.8 Å². The summed E-state index contributed by atoms with van der Waals surface area (Å²) in [5.74, 6) is -0.0313. The number of allylic oxidation sites excluding steroid dienone is 4. The average Bonchev–Trinajstić information content (AvgIpc) is 3.68. The number of hydrogen-bond donors (Lipinski definition) is 3. The molecule has 19 heteroatoms. The molecule has 86 heavy (non-hydrogen) atoms. The van der Waals surface area contributed by atoms with E-state index in [0.717, 1.165) is 121 Å². The molecule has 4 unspecified atom stereocenters. The van der Waals surface area contributed by atoms with E-state index in [0.29, 0.717) is 37.5 Å². The molecule has 0 saturated carbocycles. The molecule has 0 heterocycles. The van der Waals surface area contributed by atoms with Crippen LogP contribution in [0.3, 0.4) is 0 Å². The summed E-state index contributed by atoms with van der Waals surface area (Å²) in [5.41, 5.74) is 0. The number of phosphoric ester groups is 2. The van der Waals surface area contributed by atoms with Crippen molar-refractivity contribution in [1.82, 2.24) is 0 Å². The van der Waals surface area contributed by atoms with Crippen molar-refractivity contribution in [3.05, 3.63) is 24.3 Å². The van der Waals surface area contributed by atoms with Crippen LogP contribution in [0.4, 0.5) is 0 Å². The van der Waals surface area contributed by atoms with Gasteiger partial charge in [0.25, 0.3) is 0 Å². The van der Waals surface area contributed by atoms with Gasteiger partial charge in [-0.15, -0.1) is 0 Å². The van der Waals surface area contributed by atoms with Crippen molar-refractivity contribution in [1.29, 1.82) is 0 Å². The SMILES string of the molecule is CCCCCC/C=C\C=C/CCCCCCCC(=O)OC[C@H](COP(=O)(O)OCC(O)COP(=O)(O)OC[C@@H](COC(=O)CCCCCCCCCC(C)C)OC(=O)CCCCCCCCCCC(C)CC)OC(=O)CCCCCCCCC(C)C. The van der Waals surface area contributed by atoms with Gasteiger partial charge in [-0.3, -0.25) is 37.3 Å². The Bertz CT molecular complexity index is 1790. The van der Waals surface area contributed by atoms with E-state index in [9.17, 15) is 43.2 Å². The minimum absolute atomic E-state index is 0.0947. The van der Waals surface area contributed by atoms with Crippen LogP contribution in [0.15, 0.2) is 24.3 Å². The largest absolute Gasteiger partial charge is 0.472 e. The summed E-state index contributed by atoms with van der Waals surface area (Å²) in [7, 11) is -9.90. The first-order valence-electron chi connectivity index (χ1n) is 34.2. The highest BCUT2D eigenvalue weighted by molar-refractivity contribution is 7.47. The molecular weight excluding hydrogens is 1140 g/mol. The summed E-state index contributed by atoms with van der Waals surface area (Å²) in [6, 6.07) is 0. The molecule has 0 amide bonds. The minimum atomic E-state index is -4.95. The van der Waals surface area contributed by atoms with Gasteiger partial charge in [-0.2, -0.15) is 0 Å². The highest BCUT2D eigenvalue weighted by Crippen LogP contribution is 2.45. The smallest absolute Gasteiger partial charge is 0.462 e. The summed E-state index contributed by atoms with van der Waals surface area (Å²) < 4.78 is 68.0. The molecule has 0 saturated heterocycles. The Kier molecular flexibility index (Phi) is 56.0. The Balaban J connectivity index is 5.26. The molecule has 0 aromatic rings. The molecule has 3 N–H and O–H groups in total. The first kappa shape index (κ1) is 83.5. The van der Waals surface area contributed by atoms with Gasteiger partial charge in [-0.25, -0.2) is 9.13 Å². The van der Waals surface area contributed by atoms with Gasteiger partial charge in [0.1, 0.15) is 19.3 Å². The van der Waals surface area contributed by atoms with Gasteiger partial charge in [-0.1, -0.05) is 253 Å². The lowest BCUT2D eigenvalue weighted by molar-refractivity contribution is -0.161. The van der Waals surface area contributed by atoms with Crippen LogP contribution in [0.2, 0.25) is 0 Å². The number of carbonyl (C=O) groups excluding carboxylic acids is 4. The molecule has 0 aliphatic rings. The molecule has 0 rings (SSSR count). The average molecular weight is 1270 g/mol. The van der Waals surface area contributed by atoms with Crippen LogP contribution in [-0.4, -0.2) is 96.7 Å². The summed E-state index contributed by atoms with van der Waals surface area (Å²) in [4.78, 5) is 72.3. The van der Waals surface area contributed by atoms with E-state index in [1.165, 1.54) is 89.9 Å². The topological polar surface area (TPSA) is 237 Å². The van der Waals surface area contributed by atoms with Crippen LogP contribution >= 0.6 is 15.6 Å². The van der Waals surface area contributed by atoms with E-state index in [1.54, 1.807) is 0 Å². The Labute approximate surface area is 522 Å². The van der Waals surface area contributed by atoms with Crippen molar-refractivity contribution in [2.24, 2.45) is 17.8 Å². The minimum Gasteiger partial charge on any atom is -0.462 e. The zero-order valence-corrected chi connectivity index (χ0v) is 57.0. The summed E-state index contributed by atoms with van der Waals surface area (Å²) in [6.07, 6.45) is 42.8. The predicted octanol–water partition coefficient (Wildman–Crippen LogP) is 18.2. The first-order valence-corrected chi connectivity index (χ1v) is 37.2. The molecule has 0 bridgehead atoms. The zero-order chi connectivity index (χ0) is 63.8. The van der Waals surface area contributed by atoms with Crippen molar-refractivity contribution >= 4 is 39.5 Å². The van der Waals surface area contributed by atoms with Crippen molar-refractivity contribution in [3.8, 4) is 0 Å². The summed E-state index contributed by atoms with van der Waals surface area (Å²) in [6.45, 7) is 11.6. The molecule has 0 aromatic heterocycles. The molecule has 0 aromatic carbocycles. The lowest BCUT2D eigenvalue weighted by Gasteiger charge is -2.21. The molecule has 506 valence electrons. The molecule has 0 spiro atoms. The Morgan fingerprint density at radius 3 is 1.03 bits per heavy atom. The molecule has 0 radical (unpaired) electrons. The fourth-order valence-corrected chi connectivity index (χ4v) is 11.0. The van der Waals surface area contributed by atoms with Crippen LogP contribution < -0.4 is 0 Å². The third-order valence-electron chi connectivity index (χ3n) is 15.1.